The first-order chi connectivity index (χ1) is 20.3. The average Bonchev–Trinajstić information content (AvgIpc) is 2.97. The van der Waals surface area contributed by atoms with Gasteiger partial charge in [0, 0.05) is 28.7 Å². The Balaban J connectivity index is 2.12. The number of carbonyl (C=O) groups is 2. The molecule has 2 amide bonds. The molecule has 0 unspecified atom stereocenters. The number of rotatable bonds is 13. The van der Waals surface area contributed by atoms with Crippen molar-refractivity contribution in [2.75, 3.05) is 17.4 Å². The Labute approximate surface area is 259 Å². The second-order valence-electron chi connectivity index (χ2n) is 9.66. The quantitative estimate of drug-likeness (QED) is 0.202. The molecule has 0 spiro atoms. The van der Waals surface area contributed by atoms with Crippen molar-refractivity contribution in [3.05, 3.63) is 94.0 Å². The van der Waals surface area contributed by atoms with Crippen LogP contribution in [0.1, 0.15) is 44.2 Å². The highest BCUT2D eigenvalue weighted by atomic mass is 35.5. The maximum Gasteiger partial charge on any atom is 0.416 e. The minimum absolute atomic E-state index is 0.154. The molecule has 0 fully saturated rings. The maximum absolute atomic E-state index is 14.1. The topological polar surface area (TPSA) is 86.8 Å². The van der Waals surface area contributed by atoms with Crippen LogP contribution in [-0.2, 0) is 32.3 Å². The van der Waals surface area contributed by atoms with Gasteiger partial charge in [-0.05, 0) is 55.3 Å². The molecule has 0 aliphatic rings. The summed E-state index contributed by atoms with van der Waals surface area (Å²) in [6.07, 6.45) is -3.09. The maximum atomic E-state index is 14.1. The Kier molecular flexibility index (Phi) is 11.9. The number of carbonyl (C=O) groups excluding carboxylic acids is 2. The van der Waals surface area contributed by atoms with Crippen LogP contribution in [0, 0.1) is 0 Å². The SMILES string of the molecule is CCCCNC(=O)[C@H](CC)N(Cc1c(Cl)cccc1Cl)C(=O)CN(c1cccc(C(F)(F)F)c1)S(=O)(=O)c1ccccc1. The summed E-state index contributed by atoms with van der Waals surface area (Å²) in [7, 11) is -4.54. The van der Waals surface area contributed by atoms with Crippen LogP contribution < -0.4 is 9.62 Å². The third kappa shape index (κ3) is 8.64. The van der Waals surface area contributed by atoms with E-state index >= 15 is 0 Å². The smallest absolute Gasteiger partial charge is 0.354 e. The second kappa shape index (κ2) is 14.9. The van der Waals surface area contributed by atoms with Gasteiger partial charge in [0.25, 0.3) is 10.0 Å². The van der Waals surface area contributed by atoms with Gasteiger partial charge in [0.2, 0.25) is 11.8 Å². The van der Waals surface area contributed by atoms with Crippen LogP contribution in [0.4, 0.5) is 18.9 Å². The minimum atomic E-state index is -4.76. The lowest BCUT2D eigenvalue weighted by molar-refractivity contribution is -0.140. The molecule has 0 heterocycles. The molecular weight excluding hydrogens is 626 g/mol. The van der Waals surface area contributed by atoms with Gasteiger partial charge < -0.3 is 10.2 Å². The molecule has 1 N–H and O–H groups in total. The molecule has 13 heteroatoms. The largest absolute Gasteiger partial charge is 0.416 e. The highest BCUT2D eigenvalue weighted by Gasteiger charge is 2.36. The molecule has 232 valence electrons. The first kappa shape index (κ1) is 34.2. The Morgan fingerprint density at radius 3 is 2.14 bits per heavy atom. The summed E-state index contributed by atoms with van der Waals surface area (Å²) < 4.78 is 69.1. The highest BCUT2D eigenvalue weighted by molar-refractivity contribution is 7.92. The summed E-state index contributed by atoms with van der Waals surface area (Å²) in [4.78, 5) is 28.3. The minimum Gasteiger partial charge on any atom is -0.354 e. The summed E-state index contributed by atoms with van der Waals surface area (Å²) in [5.74, 6) is -1.31. The van der Waals surface area contributed by atoms with Crippen LogP contribution in [0.3, 0.4) is 0 Å². The zero-order chi connectivity index (χ0) is 31.8. The van der Waals surface area contributed by atoms with Crippen LogP contribution >= 0.6 is 23.2 Å². The molecule has 3 rings (SSSR count). The van der Waals surface area contributed by atoms with Gasteiger partial charge in [-0.3, -0.25) is 13.9 Å². The molecule has 0 saturated heterocycles. The summed E-state index contributed by atoms with van der Waals surface area (Å²) in [5, 5.41) is 3.24. The van der Waals surface area contributed by atoms with E-state index < -0.39 is 46.2 Å². The van der Waals surface area contributed by atoms with Crippen LogP contribution in [0.25, 0.3) is 0 Å². The first-order valence-electron chi connectivity index (χ1n) is 13.6. The number of hydrogen-bond acceptors (Lipinski definition) is 4. The van der Waals surface area contributed by atoms with E-state index in [1.54, 1.807) is 31.2 Å². The third-order valence-corrected chi connectivity index (χ3v) is 9.17. The first-order valence-corrected chi connectivity index (χ1v) is 15.8. The van der Waals surface area contributed by atoms with Gasteiger partial charge in [-0.25, -0.2) is 8.42 Å². The Bertz CT molecular complexity index is 1500. The van der Waals surface area contributed by atoms with Crippen LogP contribution in [-0.4, -0.2) is 44.3 Å². The standard InChI is InChI=1S/C30H32Cl2F3N3O4S/c1-3-5-17-36-29(40)27(4-2)37(19-24-25(31)15-10-16-26(24)32)28(39)20-38(43(41,42)23-13-7-6-8-14-23)22-12-9-11-21(18-22)30(33,34)35/h6-16,18,27H,3-5,17,19-20H2,1-2H3,(H,36,40)/t27-/m0/s1. The van der Waals surface area contributed by atoms with E-state index in [1.165, 1.54) is 30.3 Å². The number of nitrogens with one attached hydrogen (secondary N) is 1. The monoisotopic (exact) mass is 657 g/mol. The molecule has 1 atom stereocenters. The van der Waals surface area contributed by atoms with Gasteiger partial charge in [0.15, 0.2) is 0 Å². The number of hydrogen-bond donors (Lipinski definition) is 1. The fraction of sp³-hybridized carbons (Fsp3) is 0.333. The number of unbranched alkanes of at least 4 members (excludes halogenated alkanes) is 1. The third-order valence-electron chi connectivity index (χ3n) is 6.68. The average molecular weight is 659 g/mol. The second-order valence-corrected chi connectivity index (χ2v) is 12.3. The number of nitrogens with zero attached hydrogens (tertiary/aromatic N) is 2. The van der Waals surface area contributed by atoms with Gasteiger partial charge in [-0.1, -0.05) is 73.8 Å². The summed E-state index contributed by atoms with van der Waals surface area (Å²) in [5.41, 5.74) is -1.13. The number of amides is 2. The Morgan fingerprint density at radius 1 is 0.930 bits per heavy atom. The predicted molar refractivity (Wildman–Crippen MR) is 161 cm³/mol. The molecular formula is C30H32Cl2F3N3O4S. The number of anilines is 1. The molecule has 0 saturated carbocycles. The van der Waals surface area contributed by atoms with Crippen molar-refractivity contribution < 1.29 is 31.2 Å². The summed E-state index contributed by atoms with van der Waals surface area (Å²) >= 11 is 12.8. The van der Waals surface area contributed by atoms with Crippen molar-refractivity contribution >= 4 is 50.7 Å². The van der Waals surface area contributed by atoms with E-state index in [1.807, 2.05) is 6.92 Å². The van der Waals surface area contributed by atoms with Crippen molar-refractivity contribution in [1.82, 2.24) is 10.2 Å². The summed E-state index contributed by atoms with van der Waals surface area (Å²) in [6, 6.07) is 14.4. The summed E-state index contributed by atoms with van der Waals surface area (Å²) in [6.45, 7) is 2.84. The van der Waals surface area contributed by atoms with E-state index in [0.717, 1.165) is 23.5 Å². The number of halogens is 5. The fourth-order valence-electron chi connectivity index (χ4n) is 4.37. The van der Waals surface area contributed by atoms with Crippen LogP contribution in [0.15, 0.2) is 77.7 Å². The molecule has 0 bridgehead atoms. The number of benzene rings is 3. The van der Waals surface area contributed by atoms with Gasteiger partial charge >= 0.3 is 6.18 Å². The normalized spacial score (nSPS) is 12.4. The molecule has 0 aliphatic heterocycles. The van der Waals surface area contributed by atoms with Crippen molar-refractivity contribution in [2.24, 2.45) is 0 Å². The van der Waals surface area contributed by atoms with Crippen molar-refractivity contribution in [3.63, 3.8) is 0 Å². The lowest BCUT2D eigenvalue weighted by atomic mass is 10.1. The van der Waals surface area contributed by atoms with Crippen molar-refractivity contribution in [3.8, 4) is 0 Å². The molecule has 43 heavy (non-hydrogen) atoms. The molecule has 0 aromatic heterocycles. The molecule has 3 aromatic rings. The van der Waals surface area contributed by atoms with Crippen LogP contribution in [0.5, 0.6) is 0 Å². The van der Waals surface area contributed by atoms with E-state index in [9.17, 15) is 31.2 Å². The zero-order valence-electron chi connectivity index (χ0n) is 23.6. The Morgan fingerprint density at radius 2 is 1.56 bits per heavy atom. The molecule has 0 radical (unpaired) electrons. The van der Waals surface area contributed by atoms with Crippen molar-refractivity contribution in [1.29, 1.82) is 0 Å². The van der Waals surface area contributed by atoms with E-state index in [2.05, 4.69) is 5.32 Å². The van der Waals surface area contributed by atoms with E-state index in [0.29, 0.717) is 28.9 Å². The highest BCUT2D eigenvalue weighted by Crippen LogP contribution is 2.34. The van der Waals surface area contributed by atoms with Crippen LogP contribution in [0.2, 0.25) is 10.0 Å². The molecule has 0 aliphatic carbocycles. The van der Waals surface area contributed by atoms with E-state index in [4.69, 9.17) is 23.2 Å². The number of sulfonamides is 1. The number of alkyl halides is 3. The fourth-order valence-corrected chi connectivity index (χ4v) is 6.31. The van der Waals surface area contributed by atoms with E-state index in [-0.39, 0.29) is 33.6 Å². The lowest BCUT2D eigenvalue weighted by Crippen LogP contribution is -2.52. The Hall–Kier alpha value is -3.28. The van der Waals surface area contributed by atoms with Gasteiger partial charge in [0.1, 0.15) is 12.6 Å². The van der Waals surface area contributed by atoms with Crippen molar-refractivity contribution in [2.45, 2.75) is 56.8 Å². The van der Waals surface area contributed by atoms with Gasteiger partial charge in [-0.2, -0.15) is 13.2 Å². The zero-order valence-corrected chi connectivity index (χ0v) is 25.9. The molecule has 3 aromatic carbocycles. The predicted octanol–water partition coefficient (Wildman–Crippen LogP) is 6.93. The molecule has 7 nitrogen and oxygen atoms in total. The van der Waals surface area contributed by atoms with Gasteiger partial charge in [-0.15, -0.1) is 0 Å². The lowest BCUT2D eigenvalue weighted by Gasteiger charge is -2.33. The van der Waals surface area contributed by atoms with Gasteiger partial charge in [0.05, 0.1) is 16.1 Å².